The normalized spacial score (nSPS) is 10.6. The summed E-state index contributed by atoms with van der Waals surface area (Å²) in [5.41, 5.74) is 0.820. The molecular weight excluding hydrogens is 252 g/mol. The van der Waals surface area contributed by atoms with Gasteiger partial charge in [0.05, 0.1) is 6.61 Å². The van der Waals surface area contributed by atoms with Crippen molar-refractivity contribution in [2.75, 3.05) is 6.61 Å². The molecule has 0 unspecified atom stereocenters. The van der Waals surface area contributed by atoms with Crippen LogP contribution in [0.25, 0.3) is 0 Å². The molecule has 0 fully saturated rings. The van der Waals surface area contributed by atoms with Crippen LogP contribution in [0, 0.1) is 11.3 Å². The second-order valence-corrected chi connectivity index (χ2v) is 3.77. The van der Waals surface area contributed by atoms with Crippen LogP contribution in [-0.2, 0) is 16.1 Å². The third-order valence-electron chi connectivity index (χ3n) is 2.11. The standard InChI is InChI=1S/C13H13ClN2O2/c1-2-18-13(17)11(7-15)9-16-8-10-5-3-4-6-12(10)14/h3-6,9,16H,2,8H2,1H3/b11-9+. The van der Waals surface area contributed by atoms with Crippen LogP contribution in [-0.4, -0.2) is 12.6 Å². The number of ether oxygens (including phenoxy) is 1. The van der Waals surface area contributed by atoms with Crippen molar-refractivity contribution in [3.05, 3.63) is 46.6 Å². The molecule has 0 aliphatic rings. The quantitative estimate of drug-likeness (QED) is 0.504. The molecule has 0 aliphatic heterocycles. The number of carbonyl (C=O) groups excluding carboxylic acids is 1. The van der Waals surface area contributed by atoms with E-state index in [9.17, 15) is 4.79 Å². The molecule has 1 aromatic rings. The molecule has 4 nitrogen and oxygen atoms in total. The number of nitrogens with zero attached hydrogens (tertiary/aromatic N) is 1. The smallest absolute Gasteiger partial charge is 0.350 e. The molecule has 0 heterocycles. The van der Waals surface area contributed by atoms with Gasteiger partial charge in [0.25, 0.3) is 0 Å². The van der Waals surface area contributed by atoms with Gasteiger partial charge in [0, 0.05) is 17.8 Å². The fourth-order valence-electron chi connectivity index (χ4n) is 1.25. The third kappa shape index (κ3) is 4.11. The molecule has 0 aromatic heterocycles. The Bertz CT molecular complexity index is 492. The lowest BCUT2D eigenvalue weighted by Gasteiger charge is -2.04. The fourth-order valence-corrected chi connectivity index (χ4v) is 1.45. The summed E-state index contributed by atoms with van der Waals surface area (Å²) in [7, 11) is 0. The zero-order valence-corrected chi connectivity index (χ0v) is 10.7. The van der Waals surface area contributed by atoms with E-state index in [2.05, 4.69) is 5.32 Å². The van der Waals surface area contributed by atoms with Crippen molar-refractivity contribution in [3.8, 4) is 6.07 Å². The van der Waals surface area contributed by atoms with Crippen LogP contribution < -0.4 is 5.32 Å². The average molecular weight is 265 g/mol. The first kappa shape index (κ1) is 14.1. The van der Waals surface area contributed by atoms with Gasteiger partial charge < -0.3 is 10.1 Å². The van der Waals surface area contributed by atoms with Crippen LogP contribution in [0.5, 0.6) is 0 Å². The van der Waals surface area contributed by atoms with E-state index < -0.39 is 5.97 Å². The molecule has 0 spiro atoms. The highest BCUT2D eigenvalue weighted by Gasteiger charge is 2.08. The average Bonchev–Trinajstić information content (AvgIpc) is 2.37. The first-order valence-corrected chi connectivity index (χ1v) is 5.81. The molecule has 1 rings (SSSR count). The second kappa shape index (κ2) is 7.36. The lowest BCUT2D eigenvalue weighted by Crippen LogP contribution is -2.12. The van der Waals surface area contributed by atoms with Gasteiger partial charge in [0.15, 0.2) is 5.57 Å². The fraction of sp³-hybridized carbons (Fsp3) is 0.231. The number of benzene rings is 1. The highest BCUT2D eigenvalue weighted by Crippen LogP contribution is 2.14. The van der Waals surface area contributed by atoms with Gasteiger partial charge in [0.2, 0.25) is 0 Å². The largest absolute Gasteiger partial charge is 0.462 e. The Morgan fingerprint density at radius 2 is 2.28 bits per heavy atom. The van der Waals surface area contributed by atoms with Gasteiger partial charge in [-0.2, -0.15) is 5.26 Å². The number of hydrogen-bond acceptors (Lipinski definition) is 4. The zero-order chi connectivity index (χ0) is 13.4. The summed E-state index contributed by atoms with van der Waals surface area (Å²) < 4.78 is 4.73. The maximum atomic E-state index is 11.3. The summed E-state index contributed by atoms with van der Waals surface area (Å²) in [6.07, 6.45) is 1.33. The van der Waals surface area contributed by atoms with E-state index in [0.717, 1.165) is 5.56 Å². The van der Waals surface area contributed by atoms with Gasteiger partial charge in [-0.3, -0.25) is 0 Å². The van der Waals surface area contributed by atoms with Gasteiger partial charge in [-0.25, -0.2) is 4.79 Å². The first-order valence-electron chi connectivity index (χ1n) is 5.43. The Labute approximate surface area is 111 Å². The zero-order valence-electron chi connectivity index (χ0n) is 9.94. The molecule has 1 aromatic carbocycles. The van der Waals surface area contributed by atoms with Crippen LogP contribution >= 0.6 is 11.6 Å². The molecule has 0 saturated carbocycles. The Morgan fingerprint density at radius 3 is 2.89 bits per heavy atom. The molecule has 5 heteroatoms. The Morgan fingerprint density at radius 1 is 1.56 bits per heavy atom. The summed E-state index contributed by atoms with van der Waals surface area (Å²) >= 11 is 5.97. The molecule has 94 valence electrons. The molecular formula is C13H13ClN2O2. The van der Waals surface area contributed by atoms with Gasteiger partial charge in [0.1, 0.15) is 6.07 Å². The highest BCUT2D eigenvalue weighted by atomic mass is 35.5. The van der Waals surface area contributed by atoms with Crippen molar-refractivity contribution in [1.29, 1.82) is 5.26 Å². The summed E-state index contributed by atoms with van der Waals surface area (Å²) in [6, 6.07) is 9.11. The summed E-state index contributed by atoms with van der Waals surface area (Å²) in [5.74, 6) is -0.633. The van der Waals surface area contributed by atoms with Crippen molar-refractivity contribution in [2.24, 2.45) is 0 Å². The van der Waals surface area contributed by atoms with Crippen LogP contribution in [0.1, 0.15) is 12.5 Å². The van der Waals surface area contributed by atoms with Crippen molar-refractivity contribution in [3.63, 3.8) is 0 Å². The van der Waals surface area contributed by atoms with Crippen molar-refractivity contribution < 1.29 is 9.53 Å². The predicted octanol–water partition coefficient (Wildman–Crippen LogP) is 2.40. The molecule has 0 saturated heterocycles. The maximum absolute atomic E-state index is 11.3. The minimum Gasteiger partial charge on any atom is -0.462 e. The molecule has 1 N–H and O–H groups in total. The third-order valence-corrected chi connectivity index (χ3v) is 2.48. The van der Waals surface area contributed by atoms with Crippen LogP contribution in [0.4, 0.5) is 0 Å². The van der Waals surface area contributed by atoms with E-state index in [-0.39, 0.29) is 12.2 Å². The van der Waals surface area contributed by atoms with Crippen LogP contribution in [0.15, 0.2) is 36.0 Å². The van der Waals surface area contributed by atoms with E-state index in [0.29, 0.717) is 11.6 Å². The van der Waals surface area contributed by atoms with E-state index in [1.165, 1.54) is 6.20 Å². The SMILES string of the molecule is CCOC(=O)/C(C#N)=C/NCc1ccccc1Cl. The Balaban J connectivity index is 2.61. The van der Waals surface area contributed by atoms with E-state index in [1.54, 1.807) is 19.1 Å². The van der Waals surface area contributed by atoms with E-state index >= 15 is 0 Å². The second-order valence-electron chi connectivity index (χ2n) is 3.36. The first-order chi connectivity index (χ1) is 8.69. The van der Waals surface area contributed by atoms with Crippen LogP contribution in [0.2, 0.25) is 5.02 Å². The summed E-state index contributed by atoms with van der Waals surface area (Å²) in [4.78, 5) is 11.3. The summed E-state index contributed by atoms with van der Waals surface area (Å²) in [6.45, 7) is 2.36. The Kier molecular flexibility index (Phi) is 5.75. The predicted molar refractivity (Wildman–Crippen MR) is 68.6 cm³/mol. The molecule has 0 radical (unpaired) electrons. The van der Waals surface area contributed by atoms with Gasteiger partial charge in [-0.15, -0.1) is 0 Å². The number of nitrogens with one attached hydrogen (secondary N) is 1. The van der Waals surface area contributed by atoms with Gasteiger partial charge in [-0.1, -0.05) is 29.8 Å². The molecule has 0 bridgehead atoms. The monoisotopic (exact) mass is 264 g/mol. The number of carbonyl (C=O) groups is 1. The van der Waals surface area contributed by atoms with Gasteiger partial charge in [-0.05, 0) is 18.6 Å². The van der Waals surface area contributed by atoms with E-state index in [4.69, 9.17) is 21.6 Å². The minimum absolute atomic E-state index is 0.0658. The number of esters is 1. The number of nitriles is 1. The van der Waals surface area contributed by atoms with Crippen LogP contribution in [0.3, 0.4) is 0 Å². The topological polar surface area (TPSA) is 62.1 Å². The lowest BCUT2D eigenvalue weighted by atomic mass is 10.2. The Hall–Kier alpha value is -1.99. The molecule has 18 heavy (non-hydrogen) atoms. The molecule has 0 aliphatic carbocycles. The number of halogens is 1. The maximum Gasteiger partial charge on any atom is 0.350 e. The lowest BCUT2D eigenvalue weighted by molar-refractivity contribution is -0.138. The summed E-state index contributed by atoms with van der Waals surface area (Å²) in [5, 5.41) is 12.3. The van der Waals surface area contributed by atoms with Gasteiger partial charge >= 0.3 is 5.97 Å². The number of hydrogen-bond donors (Lipinski definition) is 1. The minimum atomic E-state index is -0.633. The molecule has 0 atom stereocenters. The van der Waals surface area contributed by atoms with E-state index in [1.807, 2.05) is 18.2 Å². The van der Waals surface area contributed by atoms with Crippen molar-refractivity contribution >= 4 is 17.6 Å². The number of rotatable bonds is 5. The van der Waals surface area contributed by atoms with Crippen molar-refractivity contribution in [1.82, 2.24) is 5.32 Å². The van der Waals surface area contributed by atoms with Crippen molar-refractivity contribution in [2.45, 2.75) is 13.5 Å². The highest BCUT2D eigenvalue weighted by molar-refractivity contribution is 6.31. The molecule has 0 amide bonds.